The van der Waals surface area contributed by atoms with Crippen LogP contribution < -0.4 is 5.32 Å². The highest BCUT2D eigenvalue weighted by molar-refractivity contribution is 7.60. The van der Waals surface area contributed by atoms with E-state index >= 15 is 0 Å². The molecule has 14 nitrogen and oxygen atoms in total. The van der Waals surface area contributed by atoms with Gasteiger partial charge in [0.15, 0.2) is 12.6 Å². The van der Waals surface area contributed by atoms with E-state index in [4.69, 9.17) is 9.47 Å². The van der Waals surface area contributed by atoms with Gasteiger partial charge >= 0.3 is 0 Å². The number of hydrogen-bond donors (Lipinski definition) is 11. The van der Waals surface area contributed by atoms with Crippen LogP contribution in [0.25, 0.3) is 0 Å². The maximum Gasteiger partial charge on any atom is 0.187 e. The first kappa shape index (κ1) is 45.6. The summed E-state index contributed by atoms with van der Waals surface area (Å²) in [5.41, 5.74) is 0.0366. The molecule has 1 heterocycles. The third-order valence-electron chi connectivity index (χ3n) is 5.92. The van der Waals surface area contributed by atoms with Gasteiger partial charge in [-0.05, 0) is 12.5 Å². The summed E-state index contributed by atoms with van der Waals surface area (Å²) in [7, 11) is 0. The Bertz CT molecular complexity index is 687. The van der Waals surface area contributed by atoms with Gasteiger partial charge in [0, 0.05) is 0 Å². The number of aliphatic hydroxyl groups is 10. The van der Waals surface area contributed by atoms with E-state index in [9.17, 15) is 55.9 Å². The second-order valence-electron chi connectivity index (χ2n) is 8.20. The minimum Gasteiger partial charge on any atom is -0.394 e. The quantitative estimate of drug-likeness (QED) is 0.0776. The van der Waals surface area contributed by atoms with Crippen LogP contribution in [0.15, 0.2) is 11.6 Å². The molecule has 11 N–H and O–H groups in total. The van der Waals surface area contributed by atoms with Gasteiger partial charge in [-0.15, -0.1) is 0 Å². The van der Waals surface area contributed by atoms with Crippen molar-refractivity contribution in [1.82, 2.24) is 5.32 Å². The molecule has 1 aliphatic carbocycles. The number of carbonyl (C=O) groups is 1. The molecule has 1 saturated heterocycles. The molecular weight excluding hydrogens is 611 g/mol. The summed E-state index contributed by atoms with van der Waals surface area (Å²) in [6, 6.07) is -2.11. The van der Waals surface area contributed by atoms with Crippen molar-refractivity contribution in [2.24, 2.45) is 0 Å². The van der Waals surface area contributed by atoms with E-state index in [-0.39, 0.29) is 79.3 Å². The van der Waals surface area contributed by atoms with Gasteiger partial charge in [-0.1, -0.05) is 6.08 Å². The molecule has 0 bridgehead atoms. The standard InChI is InChI=1S/C19H33NO13.5H2S/c1-6-11(20-8-2-7(3-21)12(26)16(30)13(8)27)15(29)17(31)19(32-6)33-18(10(25)5-23)14(28)9(24)4-22;;;;;/h2,4,6,8-21,23-31H,3,5H2,1H3;5*1H2/t6-,8?,9+,10?,11?,12-,13+,14-,15+,16?,17?,18-,19?;;;;;/m1...../s1. The molecule has 0 amide bonds. The maximum atomic E-state index is 10.8. The molecule has 232 valence electrons. The molecule has 0 aromatic rings. The Labute approximate surface area is 254 Å². The summed E-state index contributed by atoms with van der Waals surface area (Å²) in [6.07, 6.45) is -16.9. The van der Waals surface area contributed by atoms with Crippen LogP contribution in [0.2, 0.25) is 0 Å². The van der Waals surface area contributed by atoms with Crippen LogP contribution in [0, 0.1) is 0 Å². The highest BCUT2D eigenvalue weighted by atomic mass is 32.1. The van der Waals surface area contributed by atoms with E-state index in [0.717, 1.165) is 0 Å². The molecule has 19 heteroatoms. The number of rotatable bonds is 10. The SMILES string of the molecule is C[C@H]1OC(O[C@H](C(O)CO)[C@H](O)[C@@H](O)C=O)C(O)[C@@H](O)C1NC1C=C(CO)[C@@H](O)C(O)[C@H]1O.S.S.S.S.S. The smallest absolute Gasteiger partial charge is 0.187 e. The Morgan fingerprint density at radius 3 is 1.97 bits per heavy atom. The Morgan fingerprint density at radius 1 is 0.947 bits per heavy atom. The number of nitrogens with one attached hydrogen (secondary N) is 1. The molecule has 0 aromatic carbocycles. The highest BCUT2D eigenvalue weighted by Gasteiger charge is 2.48. The van der Waals surface area contributed by atoms with Gasteiger partial charge < -0.3 is 70.7 Å². The minimum absolute atomic E-state index is 0. The molecule has 0 aromatic heterocycles. The van der Waals surface area contributed by atoms with Crippen LogP contribution in [0.3, 0.4) is 0 Å². The lowest BCUT2D eigenvalue weighted by Gasteiger charge is -2.45. The Kier molecular flexibility index (Phi) is 24.6. The van der Waals surface area contributed by atoms with E-state index < -0.39 is 92.6 Å². The van der Waals surface area contributed by atoms with E-state index in [0.29, 0.717) is 0 Å². The molecule has 0 spiro atoms. The first-order valence-corrected chi connectivity index (χ1v) is 10.4. The zero-order valence-corrected chi connectivity index (χ0v) is 25.3. The Balaban J connectivity index is -0.00000116. The zero-order chi connectivity index (χ0) is 25.0. The van der Waals surface area contributed by atoms with Crippen LogP contribution in [-0.2, 0) is 14.3 Å². The van der Waals surface area contributed by atoms with Gasteiger partial charge in [0.2, 0.25) is 0 Å². The maximum absolute atomic E-state index is 10.8. The van der Waals surface area contributed by atoms with E-state index in [1.165, 1.54) is 13.0 Å². The fourth-order valence-corrected chi connectivity index (χ4v) is 3.87. The third-order valence-corrected chi connectivity index (χ3v) is 5.92. The fraction of sp³-hybridized carbons (Fsp3) is 0.842. The molecular formula is C19H43NO13S5. The third kappa shape index (κ3) is 10.5. The second-order valence-corrected chi connectivity index (χ2v) is 8.20. The van der Waals surface area contributed by atoms with Gasteiger partial charge in [0.05, 0.1) is 31.4 Å². The molecule has 1 aliphatic heterocycles. The van der Waals surface area contributed by atoms with Crippen LogP contribution in [0.5, 0.6) is 0 Å². The van der Waals surface area contributed by atoms with Crippen LogP contribution in [0.4, 0.5) is 0 Å². The largest absolute Gasteiger partial charge is 0.394 e. The Morgan fingerprint density at radius 2 is 1.50 bits per heavy atom. The van der Waals surface area contributed by atoms with Crippen molar-refractivity contribution in [3.63, 3.8) is 0 Å². The van der Waals surface area contributed by atoms with Crippen molar-refractivity contribution in [2.75, 3.05) is 13.2 Å². The van der Waals surface area contributed by atoms with Crippen molar-refractivity contribution >= 4 is 73.8 Å². The van der Waals surface area contributed by atoms with Crippen LogP contribution in [0.1, 0.15) is 6.92 Å². The summed E-state index contributed by atoms with van der Waals surface area (Å²) >= 11 is 0. The average molecular weight is 654 g/mol. The second kappa shape index (κ2) is 20.5. The predicted molar refractivity (Wildman–Crippen MR) is 158 cm³/mol. The number of aldehydes is 1. The summed E-state index contributed by atoms with van der Waals surface area (Å²) in [6.45, 7) is -0.0649. The molecule has 38 heavy (non-hydrogen) atoms. The molecule has 2 aliphatic rings. The van der Waals surface area contributed by atoms with Gasteiger partial charge in [0.1, 0.15) is 54.9 Å². The summed E-state index contributed by atoms with van der Waals surface area (Å²) in [5.74, 6) is 0. The molecule has 0 saturated carbocycles. The Hall–Kier alpha value is 0.640. The molecule has 6 unspecified atom stereocenters. The molecule has 0 radical (unpaired) electrons. The average Bonchev–Trinajstić information content (AvgIpc) is 2.81. The van der Waals surface area contributed by atoms with Gasteiger partial charge in [-0.3, -0.25) is 0 Å². The molecule has 13 atom stereocenters. The van der Waals surface area contributed by atoms with Crippen molar-refractivity contribution in [1.29, 1.82) is 0 Å². The number of ether oxygens (including phenoxy) is 2. The summed E-state index contributed by atoms with van der Waals surface area (Å²) < 4.78 is 10.8. The topological polar surface area (TPSA) is 250 Å². The van der Waals surface area contributed by atoms with Crippen molar-refractivity contribution in [3.8, 4) is 0 Å². The summed E-state index contributed by atoms with van der Waals surface area (Å²) in [5, 5.41) is 102. The number of carbonyl (C=O) groups excluding carboxylic acids is 1. The molecule has 1 fully saturated rings. The van der Waals surface area contributed by atoms with Gasteiger partial charge in [-0.2, -0.15) is 67.5 Å². The van der Waals surface area contributed by atoms with Crippen LogP contribution >= 0.6 is 67.5 Å². The normalized spacial score (nSPS) is 35.7. The van der Waals surface area contributed by atoms with E-state index in [1.807, 2.05) is 0 Å². The fourth-order valence-electron chi connectivity index (χ4n) is 3.87. The predicted octanol–water partition coefficient (Wildman–Crippen LogP) is -5.98. The first-order valence-electron chi connectivity index (χ1n) is 10.4. The first-order chi connectivity index (χ1) is 15.5. The van der Waals surface area contributed by atoms with Gasteiger partial charge in [-0.25, -0.2) is 0 Å². The van der Waals surface area contributed by atoms with Crippen molar-refractivity contribution in [3.05, 3.63) is 11.6 Å². The number of hydrogen-bond acceptors (Lipinski definition) is 14. The minimum atomic E-state index is -1.99. The lowest BCUT2D eigenvalue weighted by atomic mass is 9.86. The van der Waals surface area contributed by atoms with Gasteiger partial charge in [0.25, 0.3) is 0 Å². The van der Waals surface area contributed by atoms with Crippen molar-refractivity contribution < 1.29 is 65.3 Å². The van der Waals surface area contributed by atoms with E-state index in [1.54, 1.807) is 0 Å². The summed E-state index contributed by atoms with van der Waals surface area (Å²) in [4.78, 5) is 10.8. The van der Waals surface area contributed by atoms with Crippen LogP contribution in [-0.4, -0.2) is 150 Å². The van der Waals surface area contributed by atoms with Crippen molar-refractivity contribution in [2.45, 2.75) is 86.3 Å². The monoisotopic (exact) mass is 653 g/mol. The van der Waals surface area contributed by atoms with E-state index in [2.05, 4.69) is 5.32 Å². The highest BCUT2D eigenvalue weighted by Crippen LogP contribution is 2.27. The lowest BCUT2D eigenvalue weighted by molar-refractivity contribution is -0.306. The zero-order valence-electron chi connectivity index (χ0n) is 20.3. The molecule has 2 rings (SSSR count). The number of aliphatic hydroxyl groups excluding tert-OH is 10. The lowest BCUT2D eigenvalue weighted by Crippen LogP contribution is -2.67.